The SMILES string of the molecule is NC(=O)N(c1ccc([N+](=O)[O-])cc1O)c1ccccc1Nc1ccccc1. The number of phenolic OH excluding ortho intramolecular Hbond substituents is 1. The molecule has 0 saturated heterocycles. The van der Waals surface area contributed by atoms with Gasteiger partial charge in [-0.15, -0.1) is 0 Å². The monoisotopic (exact) mass is 364 g/mol. The number of anilines is 4. The second kappa shape index (κ2) is 7.44. The van der Waals surface area contributed by atoms with Crippen LogP contribution in [0, 0.1) is 10.1 Å². The van der Waals surface area contributed by atoms with Gasteiger partial charge >= 0.3 is 6.03 Å². The fourth-order valence-electron chi connectivity index (χ4n) is 2.63. The maximum absolute atomic E-state index is 12.2. The van der Waals surface area contributed by atoms with Crippen molar-refractivity contribution in [2.75, 3.05) is 10.2 Å². The van der Waals surface area contributed by atoms with E-state index >= 15 is 0 Å². The Morgan fingerprint density at radius 3 is 2.30 bits per heavy atom. The lowest BCUT2D eigenvalue weighted by molar-refractivity contribution is -0.384. The predicted molar refractivity (Wildman–Crippen MR) is 103 cm³/mol. The van der Waals surface area contributed by atoms with Gasteiger partial charge in [0.15, 0.2) is 0 Å². The van der Waals surface area contributed by atoms with E-state index in [2.05, 4.69) is 5.32 Å². The molecule has 0 radical (unpaired) electrons. The fourth-order valence-corrected chi connectivity index (χ4v) is 2.63. The molecule has 136 valence electrons. The minimum absolute atomic E-state index is 0.0374. The lowest BCUT2D eigenvalue weighted by Gasteiger charge is -2.24. The Labute approximate surface area is 154 Å². The van der Waals surface area contributed by atoms with Gasteiger partial charge in [-0.2, -0.15) is 0 Å². The van der Waals surface area contributed by atoms with Gasteiger partial charge in [0.1, 0.15) is 5.75 Å². The maximum Gasteiger partial charge on any atom is 0.324 e. The maximum atomic E-state index is 12.2. The number of phenols is 1. The number of nitrogens with zero attached hydrogens (tertiary/aromatic N) is 2. The fraction of sp³-hybridized carbons (Fsp3) is 0. The van der Waals surface area contributed by atoms with E-state index in [9.17, 15) is 20.0 Å². The van der Waals surface area contributed by atoms with Crippen molar-refractivity contribution < 1.29 is 14.8 Å². The molecule has 0 saturated carbocycles. The molecule has 0 aliphatic rings. The third-order valence-electron chi connectivity index (χ3n) is 3.83. The average molecular weight is 364 g/mol. The Bertz CT molecular complexity index is 992. The van der Waals surface area contributed by atoms with Crippen LogP contribution in [0.3, 0.4) is 0 Å². The van der Waals surface area contributed by atoms with Crippen molar-refractivity contribution in [1.29, 1.82) is 0 Å². The Morgan fingerprint density at radius 2 is 1.67 bits per heavy atom. The van der Waals surface area contributed by atoms with Gasteiger partial charge in [-0.3, -0.25) is 15.0 Å². The summed E-state index contributed by atoms with van der Waals surface area (Å²) in [7, 11) is 0. The largest absolute Gasteiger partial charge is 0.505 e. The van der Waals surface area contributed by atoms with Crippen molar-refractivity contribution in [1.82, 2.24) is 0 Å². The number of nitro benzene ring substituents is 1. The number of urea groups is 1. The van der Waals surface area contributed by atoms with Crippen molar-refractivity contribution >= 4 is 34.5 Å². The number of carbonyl (C=O) groups excluding carboxylic acids is 1. The van der Waals surface area contributed by atoms with Gasteiger partial charge in [0.2, 0.25) is 0 Å². The zero-order valence-electron chi connectivity index (χ0n) is 14.1. The number of hydrogen-bond acceptors (Lipinski definition) is 5. The van der Waals surface area contributed by atoms with Crippen LogP contribution in [0.25, 0.3) is 0 Å². The van der Waals surface area contributed by atoms with Crippen LogP contribution < -0.4 is 16.0 Å². The van der Waals surface area contributed by atoms with Gasteiger partial charge < -0.3 is 16.2 Å². The van der Waals surface area contributed by atoms with Crippen LogP contribution in [0.5, 0.6) is 5.75 Å². The summed E-state index contributed by atoms with van der Waals surface area (Å²) in [5.41, 5.74) is 7.04. The minimum atomic E-state index is -0.846. The summed E-state index contributed by atoms with van der Waals surface area (Å²) in [6, 6.07) is 18.8. The van der Waals surface area contributed by atoms with E-state index in [4.69, 9.17) is 5.73 Å². The number of benzene rings is 3. The van der Waals surface area contributed by atoms with Crippen LogP contribution in [0.4, 0.5) is 33.2 Å². The first-order chi connectivity index (χ1) is 13.0. The molecule has 0 bridgehead atoms. The first-order valence-corrected chi connectivity index (χ1v) is 7.95. The molecule has 8 nitrogen and oxygen atoms in total. The number of rotatable bonds is 5. The summed E-state index contributed by atoms with van der Waals surface area (Å²) in [6.07, 6.45) is 0. The molecular formula is C19H16N4O4. The number of non-ortho nitro benzene ring substituents is 1. The molecule has 0 aliphatic heterocycles. The van der Waals surface area contributed by atoms with Gasteiger partial charge in [0.25, 0.3) is 5.69 Å². The highest BCUT2D eigenvalue weighted by Crippen LogP contribution is 2.39. The van der Waals surface area contributed by atoms with Crippen molar-refractivity contribution in [3.63, 3.8) is 0 Å². The zero-order valence-corrected chi connectivity index (χ0v) is 14.1. The topological polar surface area (TPSA) is 122 Å². The van der Waals surface area contributed by atoms with Crippen LogP contribution >= 0.6 is 0 Å². The van der Waals surface area contributed by atoms with E-state index in [1.54, 1.807) is 24.3 Å². The molecule has 3 aromatic carbocycles. The molecule has 0 unspecified atom stereocenters. The van der Waals surface area contributed by atoms with Gasteiger partial charge in [-0.25, -0.2) is 4.79 Å². The van der Waals surface area contributed by atoms with Crippen LogP contribution in [0.2, 0.25) is 0 Å². The molecule has 8 heteroatoms. The quantitative estimate of drug-likeness (QED) is 0.461. The molecule has 0 spiro atoms. The number of hydrogen-bond donors (Lipinski definition) is 3. The molecule has 3 aromatic rings. The van der Waals surface area contributed by atoms with E-state index in [1.165, 1.54) is 12.1 Å². The van der Waals surface area contributed by atoms with Gasteiger partial charge in [0.05, 0.1) is 28.1 Å². The van der Waals surface area contributed by atoms with Crippen molar-refractivity contribution in [3.05, 3.63) is 82.9 Å². The van der Waals surface area contributed by atoms with Gasteiger partial charge in [-0.1, -0.05) is 30.3 Å². The highest BCUT2D eigenvalue weighted by Gasteiger charge is 2.23. The Morgan fingerprint density at radius 1 is 1.00 bits per heavy atom. The van der Waals surface area contributed by atoms with Gasteiger partial charge in [-0.05, 0) is 30.3 Å². The second-order valence-corrected chi connectivity index (χ2v) is 5.61. The number of aromatic hydroxyl groups is 1. The molecule has 0 aliphatic carbocycles. The number of nitro groups is 1. The van der Waals surface area contributed by atoms with Crippen molar-refractivity contribution in [2.24, 2.45) is 5.73 Å². The molecular weight excluding hydrogens is 348 g/mol. The van der Waals surface area contributed by atoms with E-state index in [0.29, 0.717) is 11.4 Å². The molecule has 0 heterocycles. The number of nitrogens with one attached hydrogen (secondary N) is 1. The first kappa shape index (κ1) is 17.7. The van der Waals surface area contributed by atoms with E-state index in [-0.39, 0.29) is 11.4 Å². The lowest BCUT2D eigenvalue weighted by Crippen LogP contribution is -2.32. The van der Waals surface area contributed by atoms with E-state index in [0.717, 1.165) is 16.7 Å². The second-order valence-electron chi connectivity index (χ2n) is 5.61. The molecule has 27 heavy (non-hydrogen) atoms. The molecule has 0 atom stereocenters. The Kier molecular flexibility index (Phi) is 4.89. The predicted octanol–water partition coefficient (Wildman–Crippen LogP) is 4.26. The standard InChI is InChI=1S/C19H16N4O4/c20-19(25)22(17-11-10-14(23(26)27)12-18(17)24)16-9-5-4-8-15(16)21-13-6-2-1-3-7-13/h1-12,21,24H,(H2,20,25). The number of carbonyl (C=O) groups is 1. The average Bonchev–Trinajstić information content (AvgIpc) is 2.65. The summed E-state index contributed by atoms with van der Waals surface area (Å²) < 4.78 is 0. The number of primary amides is 1. The normalized spacial score (nSPS) is 10.2. The number of para-hydroxylation sites is 3. The molecule has 4 N–H and O–H groups in total. The van der Waals surface area contributed by atoms with Crippen LogP contribution in [0.15, 0.2) is 72.8 Å². The number of amides is 2. The molecule has 2 amide bonds. The summed E-state index contributed by atoms with van der Waals surface area (Å²) in [6.45, 7) is 0. The van der Waals surface area contributed by atoms with Crippen LogP contribution in [-0.4, -0.2) is 16.1 Å². The lowest BCUT2D eigenvalue weighted by atomic mass is 10.2. The summed E-state index contributed by atoms with van der Waals surface area (Å²) in [5.74, 6) is -0.433. The van der Waals surface area contributed by atoms with Crippen molar-refractivity contribution in [2.45, 2.75) is 0 Å². The minimum Gasteiger partial charge on any atom is -0.505 e. The number of nitrogens with two attached hydrogens (primary N) is 1. The highest BCUT2D eigenvalue weighted by molar-refractivity contribution is 6.03. The van der Waals surface area contributed by atoms with Gasteiger partial charge in [0, 0.05) is 11.8 Å². The third-order valence-corrected chi connectivity index (χ3v) is 3.83. The van der Waals surface area contributed by atoms with E-state index in [1.807, 2.05) is 30.3 Å². The molecule has 0 aromatic heterocycles. The van der Waals surface area contributed by atoms with E-state index < -0.39 is 16.7 Å². The highest BCUT2D eigenvalue weighted by atomic mass is 16.6. The molecule has 0 fully saturated rings. The van der Waals surface area contributed by atoms with Crippen molar-refractivity contribution in [3.8, 4) is 5.75 Å². The Hall–Kier alpha value is -4.07. The summed E-state index contributed by atoms with van der Waals surface area (Å²) in [4.78, 5) is 23.5. The third kappa shape index (κ3) is 3.79. The first-order valence-electron chi connectivity index (χ1n) is 7.95. The van der Waals surface area contributed by atoms with Crippen LogP contribution in [-0.2, 0) is 0 Å². The molecule has 3 rings (SSSR count). The summed E-state index contributed by atoms with van der Waals surface area (Å²) in [5, 5.41) is 24.3. The summed E-state index contributed by atoms with van der Waals surface area (Å²) >= 11 is 0. The zero-order chi connectivity index (χ0) is 19.4. The van der Waals surface area contributed by atoms with Crippen LogP contribution in [0.1, 0.15) is 0 Å². The Balaban J connectivity index is 2.07. The smallest absolute Gasteiger partial charge is 0.324 e.